The van der Waals surface area contributed by atoms with Gasteiger partial charge in [0, 0.05) is 23.0 Å². The number of carbonyl (C=O) groups is 4. The SMILES string of the molecule is CC(C)(C)NC(=O)O[C@H]1CCCCCC=C[C@@H]2C[C@@]2(C(=O)NS(=O)(=O)Nc2ccc(Cl)cc2)NC(=O)[C@@H]2CCCN2C1=O. The van der Waals surface area contributed by atoms with Crippen LogP contribution in [-0.4, -0.2) is 66.9 Å². The lowest BCUT2D eigenvalue weighted by atomic mass is 10.1. The molecule has 1 aromatic rings. The van der Waals surface area contributed by atoms with Crippen molar-refractivity contribution in [3.8, 4) is 0 Å². The van der Waals surface area contributed by atoms with Gasteiger partial charge in [0.05, 0.1) is 5.69 Å². The first-order valence-electron chi connectivity index (χ1n) is 14.6. The molecular weight excluding hydrogens is 598 g/mol. The lowest BCUT2D eigenvalue weighted by Crippen LogP contribution is -2.57. The van der Waals surface area contributed by atoms with Crippen molar-refractivity contribution in [2.75, 3.05) is 11.3 Å². The van der Waals surface area contributed by atoms with E-state index in [4.69, 9.17) is 16.3 Å². The van der Waals surface area contributed by atoms with E-state index in [1.165, 1.54) is 29.2 Å². The third kappa shape index (κ3) is 8.62. The number of alkyl carbamates (subject to hydrolysis) is 1. The first kappa shape index (κ1) is 32.6. The number of hydrogen-bond donors (Lipinski definition) is 4. The fourth-order valence-corrected chi connectivity index (χ4v) is 6.46. The van der Waals surface area contributed by atoms with E-state index in [1.807, 2.05) is 16.9 Å². The summed E-state index contributed by atoms with van der Waals surface area (Å²) < 4.78 is 35.5. The molecule has 43 heavy (non-hydrogen) atoms. The van der Waals surface area contributed by atoms with Crippen molar-refractivity contribution >= 4 is 51.3 Å². The number of benzene rings is 1. The molecule has 2 aliphatic heterocycles. The minimum atomic E-state index is -4.34. The van der Waals surface area contributed by atoms with Gasteiger partial charge in [0.1, 0.15) is 11.6 Å². The number of hydrogen-bond acceptors (Lipinski definition) is 7. The largest absolute Gasteiger partial charge is 0.436 e. The Morgan fingerprint density at radius 3 is 2.49 bits per heavy atom. The van der Waals surface area contributed by atoms with Gasteiger partial charge >= 0.3 is 16.3 Å². The van der Waals surface area contributed by atoms with Gasteiger partial charge in [0.2, 0.25) is 5.91 Å². The number of ether oxygens (including phenoxy) is 1. The van der Waals surface area contributed by atoms with Gasteiger partial charge in [-0.15, -0.1) is 0 Å². The number of carbonyl (C=O) groups excluding carboxylic acids is 4. The summed E-state index contributed by atoms with van der Waals surface area (Å²) in [6.45, 7) is 5.70. The van der Waals surface area contributed by atoms with E-state index in [2.05, 4.69) is 15.4 Å². The van der Waals surface area contributed by atoms with Crippen molar-refractivity contribution in [2.45, 2.75) is 95.4 Å². The molecular formula is C29H40ClN5O7S. The number of nitrogens with one attached hydrogen (secondary N) is 4. The summed E-state index contributed by atoms with van der Waals surface area (Å²) in [4.78, 5) is 54.7. The predicted octanol–water partition coefficient (Wildman–Crippen LogP) is 3.39. The molecule has 0 bridgehead atoms. The van der Waals surface area contributed by atoms with Gasteiger partial charge in [-0.2, -0.15) is 8.42 Å². The molecule has 4 N–H and O–H groups in total. The Kier molecular flexibility index (Phi) is 9.95. The van der Waals surface area contributed by atoms with Crippen LogP contribution in [0.4, 0.5) is 10.5 Å². The average Bonchev–Trinajstić information content (AvgIpc) is 3.36. The van der Waals surface area contributed by atoms with E-state index in [1.54, 1.807) is 20.8 Å². The molecule has 1 aliphatic carbocycles. The zero-order chi connectivity index (χ0) is 31.4. The minimum Gasteiger partial charge on any atom is -0.436 e. The Balaban J connectivity index is 1.53. The first-order valence-corrected chi connectivity index (χ1v) is 16.4. The molecule has 1 aromatic carbocycles. The fourth-order valence-electron chi connectivity index (χ4n) is 5.41. The van der Waals surface area contributed by atoms with Gasteiger partial charge in [-0.3, -0.25) is 19.1 Å². The molecule has 4 rings (SSSR count). The maximum atomic E-state index is 13.7. The smallest absolute Gasteiger partial charge is 0.408 e. The van der Waals surface area contributed by atoms with Gasteiger partial charge in [-0.05, 0) is 90.0 Å². The topological polar surface area (TPSA) is 163 Å². The van der Waals surface area contributed by atoms with Gasteiger partial charge in [-0.25, -0.2) is 9.52 Å². The second-order valence-corrected chi connectivity index (χ2v) is 14.2. The number of rotatable bonds is 5. The van der Waals surface area contributed by atoms with E-state index in [0.717, 1.165) is 12.8 Å². The van der Waals surface area contributed by atoms with E-state index in [0.29, 0.717) is 43.7 Å². The van der Waals surface area contributed by atoms with Crippen LogP contribution in [0.5, 0.6) is 0 Å². The van der Waals surface area contributed by atoms with Gasteiger partial charge in [-0.1, -0.05) is 30.2 Å². The summed E-state index contributed by atoms with van der Waals surface area (Å²) in [6.07, 6.45) is 6.32. The summed E-state index contributed by atoms with van der Waals surface area (Å²) >= 11 is 5.87. The highest BCUT2D eigenvalue weighted by molar-refractivity contribution is 7.91. The van der Waals surface area contributed by atoms with Crippen LogP contribution in [0.1, 0.15) is 72.1 Å². The van der Waals surface area contributed by atoms with Crippen molar-refractivity contribution in [1.82, 2.24) is 20.3 Å². The van der Waals surface area contributed by atoms with Gasteiger partial charge < -0.3 is 20.3 Å². The van der Waals surface area contributed by atoms with Crippen LogP contribution in [0.15, 0.2) is 36.4 Å². The quantitative estimate of drug-likeness (QED) is 0.360. The summed E-state index contributed by atoms with van der Waals surface area (Å²) in [6, 6.07) is 5.02. The molecule has 0 aromatic heterocycles. The molecule has 236 valence electrons. The third-order valence-electron chi connectivity index (χ3n) is 7.64. The summed E-state index contributed by atoms with van der Waals surface area (Å²) in [5, 5.41) is 5.91. The molecule has 2 fully saturated rings. The molecule has 0 spiro atoms. The highest BCUT2D eigenvalue weighted by atomic mass is 35.5. The van der Waals surface area contributed by atoms with Gasteiger partial charge in [0.25, 0.3) is 11.8 Å². The van der Waals surface area contributed by atoms with Crippen LogP contribution in [0.3, 0.4) is 0 Å². The summed E-state index contributed by atoms with van der Waals surface area (Å²) in [5.74, 6) is -2.32. The van der Waals surface area contributed by atoms with Crippen molar-refractivity contribution in [3.05, 3.63) is 41.4 Å². The molecule has 0 radical (unpaired) electrons. The Morgan fingerprint density at radius 1 is 1.07 bits per heavy atom. The molecule has 1 saturated carbocycles. The Morgan fingerprint density at radius 2 is 1.79 bits per heavy atom. The zero-order valence-electron chi connectivity index (χ0n) is 24.7. The van der Waals surface area contributed by atoms with Crippen molar-refractivity contribution in [3.63, 3.8) is 0 Å². The number of halogens is 1. The molecule has 4 amide bonds. The standard InChI is InChI=1S/C29H40ClN5O7S/c1-28(2,3)32-27(39)42-23-12-8-6-4-5-7-10-19-18-29(19,31-24(36)22-11-9-17-35(22)25(23)37)26(38)34-43(40,41)33-21-15-13-20(30)14-16-21/h7,10,13-16,19,22-23,33H,4-6,8-9,11-12,17-18H2,1-3H3,(H,31,36)(H,32,39)(H,34,38)/t19-,22+,23+,29-/m1/s1. The Hall–Kier alpha value is -3.32. The van der Waals surface area contributed by atoms with Crippen molar-refractivity contribution in [2.24, 2.45) is 5.92 Å². The Bertz CT molecular complexity index is 1360. The van der Waals surface area contributed by atoms with Crippen LogP contribution < -0.4 is 20.1 Å². The summed E-state index contributed by atoms with van der Waals surface area (Å²) in [5.41, 5.74) is -1.85. The van der Waals surface area contributed by atoms with Crippen LogP contribution >= 0.6 is 11.6 Å². The molecule has 3 aliphatic rings. The lowest BCUT2D eigenvalue weighted by Gasteiger charge is -2.30. The molecule has 0 unspecified atom stereocenters. The van der Waals surface area contributed by atoms with Gasteiger partial charge in [0.15, 0.2) is 6.10 Å². The zero-order valence-corrected chi connectivity index (χ0v) is 26.2. The normalized spacial score (nSPS) is 26.6. The van der Waals surface area contributed by atoms with E-state index in [9.17, 15) is 27.6 Å². The molecule has 4 atom stereocenters. The van der Waals surface area contributed by atoms with Crippen molar-refractivity contribution < 1.29 is 32.3 Å². The molecule has 14 heteroatoms. The van der Waals surface area contributed by atoms with E-state index in [-0.39, 0.29) is 12.1 Å². The highest BCUT2D eigenvalue weighted by Crippen LogP contribution is 2.45. The summed E-state index contributed by atoms with van der Waals surface area (Å²) in [7, 11) is -4.34. The lowest BCUT2D eigenvalue weighted by molar-refractivity contribution is -0.146. The number of amides is 4. The van der Waals surface area contributed by atoms with Crippen LogP contribution in [0.25, 0.3) is 0 Å². The highest BCUT2D eigenvalue weighted by Gasteiger charge is 2.61. The Labute approximate surface area is 257 Å². The second kappa shape index (κ2) is 13.1. The number of nitrogens with zero attached hydrogens (tertiary/aromatic N) is 1. The van der Waals surface area contributed by atoms with Crippen LogP contribution in [0.2, 0.25) is 5.02 Å². The molecule has 1 saturated heterocycles. The fraction of sp³-hybridized carbons (Fsp3) is 0.586. The minimum absolute atomic E-state index is 0.202. The first-order chi connectivity index (χ1) is 20.2. The van der Waals surface area contributed by atoms with Crippen molar-refractivity contribution in [1.29, 1.82) is 0 Å². The van der Waals surface area contributed by atoms with Crippen LogP contribution in [-0.2, 0) is 29.3 Å². The second-order valence-electron chi connectivity index (χ2n) is 12.3. The van der Waals surface area contributed by atoms with Crippen LogP contribution in [0, 0.1) is 5.92 Å². The monoisotopic (exact) mass is 637 g/mol. The molecule has 2 heterocycles. The third-order valence-corrected chi connectivity index (χ3v) is 8.85. The molecule has 12 nitrogen and oxygen atoms in total. The maximum absolute atomic E-state index is 13.7. The average molecular weight is 638 g/mol. The number of allylic oxidation sites excluding steroid dienone is 1. The predicted molar refractivity (Wildman–Crippen MR) is 161 cm³/mol. The van der Waals surface area contributed by atoms with E-state index < -0.39 is 63.2 Å². The number of anilines is 1. The van der Waals surface area contributed by atoms with E-state index >= 15 is 0 Å². The number of fused-ring (bicyclic) bond motifs is 2. The maximum Gasteiger partial charge on any atom is 0.408 e.